The predicted molar refractivity (Wildman–Crippen MR) is 131 cm³/mol. The third-order valence-corrected chi connectivity index (χ3v) is 6.31. The van der Waals surface area contributed by atoms with E-state index < -0.39 is 18.5 Å². The van der Waals surface area contributed by atoms with E-state index in [1.807, 2.05) is 43.3 Å². The van der Waals surface area contributed by atoms with Crippen LogP contribution in [0.3, 0.4) is 0 Å². The average molecular weight is 510 g/mol. The molecule has 1 aromatic carbocycles. The van der Waals surface area contributed by atoms with E-state index in [0.717, 1.165) is 45.1 Å². The first-order valence-corrected chi connectivity index (χ1v) is 12.0. The molecule has 4 heterocycles. The highest BCUT2D eigenvalue weighted by molar-refractivity contribution is 5.81. The molecule has 1 aliphatic rings. The van der Waals surface area contributed by atoms with Crippen molar-refractivity contribution in [2.45, 2.75) is 32.5 Å². The molecule has 0 bridgehead atoms. The van der Waals surface area contributed by atoms with Crippen LogP contribution in [0.15, 0.2) is 48.9 Å². The Hall–Kier alpha value is -3.86. The van der Waals surface area contributed by atoms with Crippen molar-refractivity contribution in [3.05, 3.63) is 71.7 Å². The van der Waals surface area contributed by atoms with Crippen molar-refractivity contribution >= 4 is 16.9 Å². The minimum atomic E-state index is -4.47. The maximum Gasteiger partial charge on any atom is 0.397 e. The number of halogens is 3. The quantitative estimate of drug-likeness (QED) is 0.424. The molecule has 1 saturated heterocycles. The summed E-state index contributed by atoms with van der Waals surface area (Å²) < 4.78 is 37.6. The number of benzene rings is 1. The molecule has 0 radical (unpaired) electrons. The van der Waals surface area contributed by atoms with Crippen molar-refractivity contribution in [1.29, 1.82) is 0 Å². The summed E-state index contributed by atoms with van der Waals surface area (Å²) in [5.74, 6) is -0.0557. The number of amides is 1. The Morgan fingerprint density at radius 1 is 1.05 bits per heavy atom. The number of imidazole rings is 1. The first-order valence-electron chi connectivity index (χ1n) is 12.0. The third-order valence-electron chi connectivity index (χ3n) is 6.31. The van der Waals surface area contributed by atoms with E-state index in [-0.39, 0.29) is 0 Å². The standard InChI is InChI=1S/C26H26F3N7O/c1-17-10-18(15-35-6-8-36(9-7-35)25(37)14-26(27,28)29)11-20(32-17)13-24-33-22-3-2-19(12-23(22)34-24)21-4-5-30-16-31-21/h2-5,10-12,16H,6-9,13-15H2,1H3,(H,33,34). The summed E-state index contributed by atoms with van der Waals surface area (Å²) in [6.07, 6.45) is -2.11. The number of carbonyl (C=O) groups excluding carboxylic acids is 1. The van der Waals surface area contributed by atoms with Crippen LogP contribution in [-0.4, -0.2) is 73.0 Å². The van der Waals surface area contributed by atoms with Crippen LogP contribution in [0, 0.1) is 6.92 Å². The van der Waals surface area contributed by atoms with E-state index in [1.165, 1.54) is 11.2 Å². The molecule has 1 N–H and O–H groups in total. The number of carbonyl (C=O) groups is 1. The van der Waals surface area contributed by atoms with Crippen molar-refractivity contribution in [2.75, 3.05) is 26.2 Å². The van der Waals surface area contributed by atoms with Crippen LogP contribution in [0.25, 0.3) is 22.3 Å². The molecular formula is C26H26F3N7O. The Morgan fingerprint density at radius 3 is 2.59 bits per heavy atom. The Morgan fingerprint density at radius 2 is 1.86 bits per heavy atom. The lowest BCUT2D eigenvalue weighted by molar-refractivity contribution is -0.162. The number of nitrogens with one attached hydrogen (secondary N) is 1. The average Bonchev–Trinajstić information content (AvgIpc) is 3.25. The van der Waals surface area contributed by atoms with Gasteiger partial charge in [-0.3, -0.25) is 14.7 Å². The third kappa shape index (κ3) is 6.29. The van der Waals surface area contributed by atoms with Gasteiger partial charge in [0.05, 0.1) is 16.7 Å². The second-order valence-corrected chi connectivity index (χ2v) is 9.24. The van der Waals surface area contributed by atoms with Gasteiger partial charge >= 0.3 is 6.18 Å². The van der Waals surface area contributed by atoms with Gasteiger partial charge in [0.25, 0.3) is 0 Å². The molecule has 1 aliphatic heterocycles. The van der Waals surface area contributed by atoms with Gasteiger partial charge in [-0.15, -0.1) is 0 Å². The summed E-state index contributed by atoms with van der Waals surface area (Å²) in [7, 11) is 0. The van der Waals surface area contributed by atoms with Crippen LogP contribution in [0.2, 0.25) is 0 Å². The molecule has 8 nitrogen and oxygen atoms in total. The summed E-state index contributed by atoms with van der Waals surface area (Å²) in [4.78, 5) is 36.3. The van der Waals surface area contributed by atoms with Crippen molar-refractivity contribution in [1.82, 2.24) is 34.7 Å². The van der Waals surface area contributed by atoms with Crippen LogP contribution in [0.5, 0.6) is 0 Å². The Kier molecular flexibility index (Phi) is 6.88. The molecular weight excluding hydrogens is 483 g/mol. The van der Waals surface area contributed by atoms with Crippen molar-refractivity contribution in [2.24, 2.45) is 0 Å². The van der Waals surface area contributed by atoms with Gasteiger partial charge in [-0.25, -0.2) is 15.0 Å². The van der Waals surface area contributed by atoms with Crippen molar-refractivity contribution < 1.29 is 18.0 Å². The minimum absolute atomic E-state index is 0.293. The second kappa shape index (κ2) is 10.3. The number of hydrogen-bond donors (Lipinski definition) is 1. The molecule has 0 atom stereocenters. The van der Waals surface area contributed by atoms with Gasteiger partial charge in [-0.1, -0.05) is 6.07 Å². The number of aromatic nitrogens is 5. The molecule has 0 aliphatic carbocycles. The monoisotopic (exact) mass is 509 g/mol. The molecule has 0 unspecified atom stereocenters. The fourth-order valence-corrected chi connectivity index (χ4v) is 4.63. The van der Waals surface area contributed by atoms with Crippen molar-refractivity contribution in [3.63, 3.8) is 0 Å². The number of fused-ring (bicyclic) bond motifs is 1. The van der Waals surface area contributed by atoms with Gasteiger partial charge < -0.3 is 9.88 Å². The van der Waals surface area contributed by atoms with Crippen LogP contribution in [-0.2, 0) is 17.8 Å². The summed E-state index contributed by atoms with van der Waals surface area (Å²) in [6, 6.07) is 11.9. The Bertz CT molecular complexity index is 1400. The summed E-state index contributed by atoms with van der Waals surface area (Å²) in [6.45, 7) is 4.22. The molecule has 0 saturated carbocycles. The minimum Gasteiger partial charge on any atom is -0.342 e. The van der Waals surface area contributed by atoms with Crippen LogP contribution in [0.4, 0.5) is 13.2 Å². The van der Waals surface area contributed by atoms with Gasteiger partial charge in [-0.2, -0.15) is 13.2 Å². The first-order chi connectivity index (χ1) is 17.7. The molecule has 192 valence electrons. The maximum atomic E-state index is 12.5. The topological polar surface area (TPSA) is 90.9 Å². The van der Waals surface area contributed by atoms with Gasteiger partial charge in [0.15, 0.2) is 0 Å². The van der Waals surface area contributed by atoms with Crippen LogP contribution < -0.4 is 0 Å². The van der Waals surface area contributed by atoms with E-state index in [1.54, 1.807) is 6.20 Å². The molecule has 1 fully saturated rings. The highest BCUT2D eigenvalue weighted by Gasteiger charge is 2.34. The molecule has 37 heavy (non-hydrogen) atoms. The number of pyridine rings is 1. The second-order valence-electron chi connectivity index (χ2n) is 9.24. The van der Waals surface area contributed by atoms with E-state index in [9.17, 15) is 18.0 Å². The lowest BCUT2D eigenvalue weighted by atomic mass is 10.1. The number of hydrogen-bond acceptors (Lipinski definition) is 6. The number of aromatic amines is 1. The Balaban J connectivity index is 1.24. The number of nitrogens with zero attached hydrogens (tertiary/aromatic N) is 6. The predicted octanol–water partition coefficient (Wildman–Crippen LogP) is 3.91. The van der Waals surface area contributed by atoms with Gasteiger partial charge in [-0.05, 0) is 42.8 Å². The lowest BCUT2D eigenvalue weighted by Gasteiger charge is -2.35. The molecule has 0 spiro atoms. The molecule has 3 aromatic heterocycles. The van der Waals surface area contributed by atoms with Gasteiger partial charge in [0.1, 0.15) is 18.6 Å². The van der Waals surface area contributed by atoms with Gasteiger partial charge in [0.2, 0.25) is 5.91 Å². The highest BCUT2D eigenvalue weighted by Crippen LogP contribution is 2.23. The SMILES string of the molecule is Cc1cc(CN2CCN(C(=O)CC(F)(F)F)CC2)cc(Cc2nc3ccc(-c4ccncn4)cc3[nH]2)n1. The maximum absolute atomic E-state index is 12.5. The number of rotatable bonds is 6. The van der Waals surface area contributed by atoms with Crippen molar-refractivity contribution in [3.8, 4) is 11.3 Å². The van der Waals surface area contributed by atoms with Crippen LogP contribution in [0.1, 0.15) is 29.2 Å². The smallest absolute Gasteiger partial charge is 0.342 e. The summed E-state index contributed by atoms with van der Waals surface area (Å²) in [5.41, 5.74) is 6.41. The number of H-pyrrole nitrogens is 1. The zero-order valence-electron chi connectivity index (χ0n) is 20.3. The van der Waals surface area contributed by atoms with E-state index >= 15 is 0 Å². The molecule has 4 aromatic rings. The number of aryl methyl sites for hydroxylation is 1. The summed E-state index contributed by atoms with van der Waals surface area (Å²) in [5, 5.41) is 0. The number of alkyl halides is 3. The van der Waals surface area contributed by atoms with E-state index in [2.05, 4.69) is 24.8 Å². The Labute approximate surface area is 211 Å². The molecule has 11 heteroatoms. The van der Waals surface area contributed by atoms with Crippen LogP contribution >= 0.6 is 0 Å². The van der Waals surface area contributed by atoms with Gasteiger partial charge in [0, 0.05) is 62.3 Å². The fourth-order valence-electron chi connectivity index (χ4n) is 4.63. The first kappa shape index (κ1) is 24.8. The summed E-state index contributed by atoms with van der Waals surface area (Å²) >= 11 is 0. The lowest BCUT2D eigenvalue weighted by Crippen LogP contribution is -2.49. The zero-order valence-corrected chi connectivity index (χ0v) is 20.3. The fraction of sp³-hybridized carbons (Fsp3) is 0.346. The molecule has 5 rings (SSSR count). The van der Waals surface area contributed by atoms with E-state index in [4.69, 9.17) is 4.98 Å². The largest absolute Gasteiger partial charge is 0.397 e. The highest BCUT2D eigenvalue weighted by atomic mass is 19.4. The number of piperazine rings is 1. The van der Waals surface area contributed by atoms with E-state index in [0.29, 0.717) is 39.1 Å². The molecule has 1 amide bonds. The zero-order chi connectivity index (χ0) is 26.0. The normalized spacial score (nSPS) is 14.9.